The highest BCUT2D eigenvalue weighted by Crippen LogP contribution is 2.39. The lowest BCUT2D eigenvalue weighted by Crippen LogP contribution is -2.27. The Kier molecular flexibility index (Phi) is 5.18. The van der Waals surface area contributed by atoms with Crippen LogP contribution < -0.4 is 9.47 Å². The lowest BCUT2D eigenvalue weighted by molar-refractivity contribution is 0.0472. The first kappa shape index (κ1) is 19.0. The van der Waals surface area contributed by atoms with Gasteiger partial charge in [-0.25, -0.2) is 13.2 Å². The van der Waals surface area contributed by atoms with Gasteiger partial charge in [-0.3, -0.25) is 0 Å². The van der Waals surface area contributed by atoms with Gasteiger partial charge in [-0.1, -0.05) is 11.6 Å². The Balaban J connectivity index is 1.42. The predicted molar refractivity (Wildman–Crippen MR) is 101 cm³/mol. The number of esters is 1. The molecule has 2 heterocycles. The third kappa shape index (κ3) is 3.67. The molecule has 0 N–H and O–H groups in total. The highest BCUT2D eigenvalue weighted by Gasteiger charge is 2.27. The summed E-state index contributed by atoms with van der Waals surface area (Å²) in [5, 5.41) is 0.387. The van der Waals surface area contributed by atoms with Crippen molar-refractivity contribution in [1.82, 2.24) is 4.31 Å². The summed E-state index contributed by atoms with van der Waals surface area (Å²) in [6.07, 6.45) is 1.74. The van der Waals surface area contributed by atoms with Gasteiger partial charge < -0.3 is 14.2 Å². The van der Waals surface area contributed by atoms with Crippen molar-refractivity contribution in [2.45, 2.75) is 24.3 Å². The Morgan fingerprint density at radius 2 is 1.82 bits per heavy atom. The van der Waals surface area contributed by atoms with Crippen LogP contribution in [0.1, 0.15) is 28.8 Å². The van der Waals surface area contributed by atoms with Crippen molar-refractivity contribution in [2.24, 2.45) is 0 Å². The monoisotopic (exact) mass is 423 g/mol. The van der Waals surface area contributed by atoms with E-state index in [0.29, 0.717) is 35.2 Å². The number of carbonyl (C=O) groups excluding carboxylic acids is 1. The summed E-state index contributed by atoms with van der Waals surface area (Å²) in [4.78, 5) is 12.5. The Morgan fingerprint density at radius 3 is 2.54 bits per heavy atom. The summed E-state index contributed by atoms with van der Waals surface area (Å²) in [7, 11) is -3.51. The molecule has 0 saturated carbocycles. The van der Waals surface area contributed by atoms with Crippen molar-refractivity contribution in [3.8, 4) is 11.5 Å². The van der Waals surface area contributed by atoms with E-state index in [0.717, 1.165) is 12.8 Å². The molecule has 0 aromatic heterocycles. The van der Waals surface area contributed by atoms with E-state index in [1.54, 1.807) is 12.1 Å². The summed E-state index contributed by atoms with van der Waals surface area (Å²) in [6, 6.07) is 9.13. The zero-order chi connectivity index (χ0) is 19.7. The first-order valence-corrected chi connectivity index (χ1v) is 10.6. The molecule has 148 valence electrons. The maximum absolute atomic E-state index is 12.5. The van der Waals surface area contributed by atoms with E-state index in [1.165, 1.54) is 28.6 Å². The van der Waals surface area contributed by atoms with E-state index < -0.39 is 16.0 Å². The van der Waals surface area contributed by atoms with Crippen LogP contribution in [0, 0.1) is 0 Å². The molecule has 0 spiro atoms. The van der Waals surface area contributed by atoms with Crippen molar-refractivity contribution in [2.75, 3.05) is 19.9 Å². The maximum atomic E-state index is 12.5. The van der Waals surface area contributed by atoms with Gasteiger partial charge >= 0.3 is 5.97 Å². The SMILES string of the molecule is O=C(OCc1cc(Cl)c2c(c1)OCO2)c1ccc(S(=O)(=O)N2CCCC2)cc1. The second-order valence-electron chi connectivity index (χ2n) is 6.52. The van der Waals surface area contributed by atoms with E-state index in [-0.39, 0.29) is 23.9 Å². The first-order chi connectivity index (χ1) is 13.4. The fraction of sp³-hybridized carbons (Fsp3) is 0.316. The molecule has 1 fully saturated rings. The van der Waals surface area contributed by atoms with Gasteiger partial charge in [-0.05, 0) is 54.8 Å². The second-order valence-corrected chi connectivity index (χ2v) is 8.87. The molecule has 2 aromatic carbocycles. The number of rotatable bonds is 5. The number of carbonyl (C=O) groups is 1. The lowest BCUT2D eigenvalue weighted by atomic mass is 10.2. The number of hydrogen-bond donors (Lipinski definition) is 0. The Hall–Kier alpha value is -2.29. The molecule has 0 radical (unpaired) electrons. The molecule has 2 aliphatic rings. The number of ether oxygens (including phenoxy) is 3. The predicted octanol–water partition coefficient (Wildman–Crippen LogP) is 3.21. The minimum absolute atomic E-state index is 0.00300. The van der Waals surface area contributed by atoms with Crippen LogP contribution in [0.4, 0.5) is 0 Å². The molecule has 0 aliphatic carbocycles. The molecule has 0 bridgehead atoms. The number of sulfonamides is 1. The topological polar surface area (TPSA) is 82.1 Å². The minimum atomic E-state index is -3.51. The van der Waals surface area contributed by atoms with Crippen LogP contribution in [0.3, 0.4) is 0 Å². The highest BCUT2D eigenvalue weighted by atomic mass is 35.5. The van der Waals surface area contributed by atoms with Gasteiger partial charge in [-0.2, -0.15) is 4.31 Å². The minimum Gasteiger partial charge on any atom is -0.457 e. The number of hydrogen-bond acceptors (Lipinski definition) is 6. The molecule has 1 saturated heterocycles. The normalized spacial score (nSPS) is 16.3. The molecular weight excluding hydrogens is 406 g/mol. The smallest absolute Gasteiger partial charge is 0.338 e. The summed E-state index contributed by atoms with van der Waals surface area (Å²) in [5.74, 6) is 0.431. The quantitative estimate of drug-likeness (QED) is 0.687. The Morgan fingerprint density at radius 1 is 1.11 bits per heavy atom. The number of halogens is 1. The van der Waals surface area contributed by atoms with Gasteiger partial charge in [0.15, 0.2) is 11.5 Å². The van der Waals surface area contributed by atoms with Crippen LogP contribution in [0.15, 0.2) is 41.3 Å². The van der Waals surface area contributed by atoms with Crippen molar-refractivity contribution in [3.05, 3.63) is 52.5 Å². The molecule has 4 rings (SSSR count). The molecule has 9 heteroatoms. The van der Waals surface area contributed by atoms with Crippen molar-refractivity contribution < 1.29 is 27.4 Å². The second kappa shape index (κ2) is 7.62. The Bertz CT molecular complexity index is 1000. The van der Waals surface area contributed by atoms with Gasteiger partial charge in [0.2, 0.25) is 16.8 Å². The van der Waals surface area contributed by atoms with Gasteiger partial charge in [-0.15, -0.1) is 0 Å². The fourth-order valence-electron chi connectivity index (χ4n) is 3.18. The summed E-state index contributed by atoms with van der Waals surface area (Å²) < 4.78 is 42.3. The fourth-order valence-corrected chi connectivity index (χ4v) is 4.98. The van der Waals surface area contributed by atoms with Gasteiger partial charge in [0.1, 0.15) is 6.61 Å². The molecule has 0 unspecified atom stereocenters. The third-order valence-electron chi connectivity index (χ3n) is 4.65. The van der Waals surface area contributed by atoms with Gasteiger partial charge in [0, 0.05) is 13.1 Å². The lowest BCUT2D eigenvalue weighted by Gasteiger charge is -2.15. The van der Waals surface area contributed by atoms with Crippen LogP contribution in [-0.2, 0) is 21.4 Å². The number of fused-ring (bicyclic) bond motifs is 1. The standard InChI is InChI=1S/C19H18ClNO6S/c20-16-9-13(10-17-18(16)27-12-26-17)11-25-19(22)14-3-5-15(6-4-14)28(23,24)21-7-1-2-8-21/h3-6,9-10H,1-2,7-8,11-12H2. The van der Waals surface area contributed by atoms with Gasteiger partial charge in [0.25, 0.3) is 0 Å². The van der Waals surface area contributed by atoms with E-state index in [4.69, 9.17) is 25.8 Å². The average Bonchev–Trinajstić information content (AvgIpc) is 3.38. The van der Waals surface area contributed by atoms with Gasteiger partial charge in [0.05, 0.1) is 15.5 Å². The Labute approximate surface area is 167 Å². The molecule has 2 aromatic rings. The first-order valence-electron chi connectivity index (χ1n) is 8.80. The molecule has 0 amide bonds. The zero-order valence-corrected chi connectivity index (χ0v) is 16.5. The van der Waals surface area contributed by atoms with Crippen LogP contribution in [0.5, 0.6) is 11.5 Å². The zero-order valence-electron chi connectivity index (χ0n) is 14.9. The average molecular weight is 424 g/mol. The van der Waals surface area contributed by atoms with E-state index in [2.05, 4.69) is 0 Å². The third-order valence-corrected chi connectivity index (χ3v) is 6.84. The molecular formula is C19H18ClNO6S. The van der Waals surface area contributed by atoms with Crippen LogP contribution in [0.2, 0.25) is 5.02 Å². The van der Waals surface area contributed by atoms with Crippen molar-refractivity contribution in [3.63, 3.8) is 0 Å². The summed E-state index contributed by atoms with van der Waals surface area (Å²) in [5.41, 5.74) is 0.933. The maximum Gasteiger partial charge on any atom is 0.338 e. The molecule has 7 nitrogen and oxygen atoms in total. The van der Waals surface area contributed by atoms with Crippen LogP contribution >= 0.6 is 11.6 Å². The van der Waals surface area contributed by atoms with E-state index >= 15 is 0 Å². The van der Waals surface area contributed by atoms with E-state index in [9.17, 15) is 13.2 Å². The van der Waals surface area contributed by atoms with E-state index in [1.807, 2.05) is 0 Å². The van der Waals surface area contributed by atoms with Crippen molar-refractivity contribution in [1.29, 1.82) is 0 Å². The van der Waals surface area contributed by atoms with Crippen molar-refractivity contribution >= 4 is 27.6 Å². The largest absolute Gasteiger partial charge is 0.457 e. The van der Waals surface area contributed by atoms with Crippen LogP contribution in [-0.4, -0.2) is 38.6 Å². The number of nitrogens with zero attached hydrogens (tertiary/aromatic N) is 1. The molecule has 2 aliphatic heterocycles. The summed E-state index contributed by atoms with van der Waals surface area (Å²) >= 11 is 6.11. The van der Waals surface area contributed by atoms with Crippen LogP contribution in [0.25, 0.3) is 0 Å². The summed E-state index contributed by atoms with van der Waals surface area (Å²) in [6.45, 7) is 1.17. The molecule has 28 heavy (non-hydrogen) atoms. The number of benzene rings is 2. The highest BCUT2D eigenvalue weighted by molar-refractivity contribution is 7.89. The molecule has 0 atom stereocenters.